The van der Waals surface area contributed by atoms with Crippen LogP contribution in [0.3, 0.4) is 0 Å². The summed E-state index contributed by atoms with van der Waals surface area (Å²) >= 11 is 5.22. The van der Waals surface area contributed by atoms with Gasteiger partial charge in [-0.1, -0.05) is 0 Å². The Morgan fingerprint density at radius 3 is 2.89 bits per heavy atom. The van der Waals surface area contributed by atoms with Crippen molar-refractivity contribution in [2.45, 2.75) is 19.9 Å². The van der Waals surface area contributed by atoms with E-state index in [0.29, 0.717) is 5.95 Å². The fraction of sp³-hybridized carbons (Fsp3) is 0.231. The summed E-state index contributed by atoms with van der Waals surface area (Å²) < 4.78 is 2.75. The molecule has 0 radical (unpaired) electrons. The smallest absolute Gasteiger partial charge is 0.243 e. The minimum Gasteiger partial charge on any atom is -0.346 e. The maximum absolute atomic E-state index is 4.45. The molecule has 0 fully saturated rings. The predicted octanol–water partition coefficient (Wildman–Crippen LogP) is 4.03. The molecule has 0 aliphatic heterocycles. The second kappa shape index (κ2) is 4.94. The third-order valence-corrected chi connectivity index (χ3v) is 4.48. The first-order valence-corrected chi connectivity index (χ1v) is 7.57. The summed E-state index contributed by atoms with van der Waals surface area (Å²) in [6, 6.07) is 8.37. The molecule has 19 heavy (non-hydrogen) atoms. The van der Waals surface area contributed by atoms with Crippen LogP contribution in [-0.2, 0) is 0 Å². The predicted molar refractivity (Wildman–Crippen MR) is 81.8 cm³/mol. The number of pyridine rings is 1. The molecule has 0 amide bonds. The highest BCUT2D eigenvalue weighted by molar-refractivity contribution is 9.10. The lowest BCUT2D eigenvalue weighted by Gasteiger charge is -2.09. The molecule has 3 heterocycles. The van der Waals surface area contributed by atoms with Gasteiger partial charge in [-0.15, -0.1) is 16.4 Å². The summed E-state index contributed by atoms with van der Waals surface area (Å²) in [4.78, 5) is 7.06. The molecule has 4 nitrogen and oxygen atoms in total. The molecule has 3 aromatic rings. The lowest BCUT2D eigenvalue weighted by Crippen LogP contribution is -2.06. The summed E-state index contributed by atoms with van der Waals surface area (Å²) in [5.41, 5.74) is 0.834. The van der Waals surface area contributed by atoms with Crippen LogP contribution in [0.1, 0.15) is 22.7 Å². The number of nitrogens with zero attached hydrogens (tertiary/aromatic N) is 3. The number of fused-ring (bicyclic) bond motifs is 1. The van der Waals surface area contributed by atoms with Gasteiger partial charge in [0.25, 0.3) is 0 Å². The molecule has 3 rings (SSSR count). The second-order valence-electron chi connectivity index (χ2n) is 4.40. The molecule has 6 heteroatoms. The fourth-order valence-electron chi connectivity index (χ4n) is 1.87. The van der Waals surface area contributed by atoms with Crippen molar-refractivity contribution in [1.29, 1.82) is 0 Å². The van der Waals surface area contributed by atoms with Gasteiger partial charge in [0.05, 0.1) is 6.04 Å². The van der Waals surface area contributed by atoms with Crippen molar-refractivity contribution in [3.8, 4) is 0 Å². The first kappa shape index (κ1) is 12.6. The fourth-order valence-corrected chi connectivity index (χ4v) is 3.08. The molecule has 1 atom stereocenters. The van der Waals surface area contributed by atoms with E-state index in [9.17, 15) is 0 Å². The summed E-state index contributed by atoms with van der Waals surface area (Å²) in [7, 11) is 0. The van der Waals surface area contributed by atoms with E-state index < -0.39 is 0 Å². The Labute approximate surface area is 123 Å². The first-order chi connectivity index (χ1) is 9.11. The van der Waals surface area contributed by atoms with Gasteiger partial charge in [-0.2, -0.15) is 4.98 Å². The summed E-state index contributed by atoms with van der Waals surface area (Å²) in [6.07, 6.45) is 1.90. The second-order valence-corrected chi connectivity index (χ2v) is 6.64. The Morgan fingerprint density at radius 1 is 1.32 bits per heavy atom. The van der Waals surface area contributed by atoms with Gasteiger partial charge in [0.15, 0.2) is 5.65 Å². The summed E-state index contributed by atoms with van der Waals surface area (Å²) in [5.74, 6) is 0.650. The zero-order valence-electron chi connectivity index (χ0n) is 10.6. The molecule has 3 aromatic heterocycles. The number of hydrogen-bond acceptors (Lipinski definition) is 4. The van der Waals surface area contributed by atoms with Gasteiger partial charge >= 0.3 is 0 Å². The largest absolute Gasteiger partial charge is 0.346 e. The Morgan fingerprint density at radius 2 is 2.16 bits per heavy atom. The van der Waals surface area contributed by atoms with Crippen molar-refractivity contribution < 1.29 is 0 Å². The maximum Gasteiger partial charge on any atom is 0.243 e. The van der Waals surface area contributed by atoms with Crippen molar-refractivity contribution in [3.63, 3.8) is 0 Å². The molecule has 0 aliphatic rings. The van der Waals surface area contributed by atoms with Crippen LogP contribution in [0.2, 0.25) is 0 Å². The number of halogens is 1. The number of nitrogens with one attached hydrogen (secondary N) is 1. The number of aromatic nitrogens is 3. The molecule has 0 aliphatic carbocycles. The van der Waals surface area contributed by atoms with Gasteiger partial charge in [0.1, 0.15) is 0 Å². The van der Waals surface area contributed by atoms with Crippen molar-refractivity contribution in [1.82, 2.24) is 14.6 Å². The minimum atomic E-state index is 0.208. The van der Waals surface area contributed by atoms with E-state index in [2.05, 4.69) is 57.3 Å². The van der Waals surface area contributed by atoms with Gasteiger partial charge in [-0.05, 0) is 54.0 Å². The highest BCUT2D eigenvalue weighted by Gasteiger charge is 2.11. The monoisotopic (exact) mass is 336 g/mol. The van der Waals surface area contributed by atoms with E-state index in [0.717, 1.165) is 10.1 Å². The van der Waals surface area contributed by atoms with E-state index in [4.69, 9.17) is 0 Å². The maximum atomic E-state index is 4.45. The van der Waals surface area contributed by atoms with Crippen molar-refractivity contribution in [3.05, 3.63) is 44.7 Å². The molecule has 98 valence electrons. The van der Waals surface area contributed by atoms with E-state index in [1.54, 1.807) is 15.9 Å². The number of anilines is 1. The van der Waals surface area contributed by atoms with E-state index in [-0.39, 0.29) is 6.04 Å². The van der Waals surface area contributed by atoms with Gasteiger partial charge in [-0.3, -0.25) is 0 Å². The van der Waals surface area contributed by atoms with Gasteiger partial charge in [0, 0.05) is 20.4 Å². The number of hydrogen-bond donors (Lipinski definition) is 1. The highest BCUT2D eigenvalue weighted by atomic mass is 79.9. The third kappa shape index (κ3) is 2.64. The average Bonchev–Trinajstić information content (AvgIpc) is 2.94. The first-order valence-electron chi connectivity index (χ1n) is 5.96. The topological polar surface area (TPSA) is 42.2 Å². The Kier molecular flexibility index (Phi) is 3.28. The van der Waals surface area contributed by atoms with Gasteiger partial charge < -0.3 is 5.32 Å². The molecule has 0 aromatic carbocycles. The van der Waals surface area contributed by atoms with Crippen molar-refractivity contribution in [2.24, 2.45) is 0 Å². The molecular formula is C13H13BrN4S. The Hall–Kier alpha value is -1.40. The third-order valence-electron chi connectivity index (χ3n) is 2.83. The Bertz CT molecular complexity index is 718. The van der Waals surface area contributed by atoms with Crippen LogP contribution in [0.5, 0.6) is 0 Å². The quantitative estimate of drug-likeness (QED) is 0.784. The SMILES string of the molecule is Cc1ccc(C(C)Nc2nc3ccc(Br)cn3n2)s1. The van der Waals surface area contributed by atoms with Gasteiger partial charge in [0.2, 0.25) is 5.95 Å². The molecular weight excluding hydrogens is 324 g/mol. The number of thiophene rings is 1. The van der Waals surface area contributed by atoms with E-state index in [1.807, 2.05) is 18.3 Å². The van der Waals surface area contributed by atoms with E-state index in [1.165, 1.54) is 9.75 Å². The van der Waals surface area contributed by atoms with Crippen LogP contribution in [0, 0.1) is 6.92 Å². The molecule has 0 bridgehead atoms. The zero-order valence-corrected chi connectivity index (χ0v) is 13.0. The molecule has 0 saturated heterocycles. The lowest BCUT2D eigenvalue weighted by atomic mass is 10.3. The van der Waals surface area contributed by atoms with Crippen LogP contribution < -0.4 is 5.32 Å². The highest BCUT2D eigenvalue weighted by Crippen LogP contribution is 2.25. The number of rotatable bonds is 3. The van der Waals surface area contributed by atoms with Crippen molar-refractivity contribution >= 4 is 38.9 Å². The molecule has 0 saturated carbocycles. The van der Waals surface area contributed by atoms with Gasteiger partial charge in [-0.25, -0.2) is 4.52 Å². The standard InChI is InChI=1S/C13H13BrN4S/c1-8-3-5-11(19-8)9(2)15-13-16-12-6-4-10(14)7-18(12)17-13/h3-7,9H,1-2H3,(H,15,17). The van der Waals surface area contributed by atoms with Crippen LogP contribution in [0.4, 0.5) is 5.95 Å². The summed E-state index contributed by atoms with van der Waals surface area (Å²) in [6.45, 7) is 4.23. The lowest BCUT2D eigenvalue weighted by molar-refractivity contribution is 0.868. The van der Waals surface area contributed by atoms with Crippen LogP contribution >= 0.6 is 27.3 Å². The van der Waals surface area contributed by atoms with E-state index >= 15 is 0 Å². The molecule has 1 N–H and O–H groups in total. The minimum absolute atomic E-state index is 0.208. The summed E-state index contributed by atoms with van der Waals surface area (Å²) in [5, 5.41) is 7.75. The molecule has 0 spiro atoms. The Balaban J connectivity index is 1.85. The average molecular weight is 337 g/mol. The number of aryl methyl sites for hydroxylation is 1. The van der Waals surface area contributed by atoms with Crippen LogP contribution in [-0.4, -0.2) is 14.6 Å². The van der Waals surface area contributed by atoms with Crippen LogP contribution in [0.25, 0.3) is 5.65 Å². The molecule has 1 unspecified atom stereocenters. The normalized spacial score (nSPS) is 12.8. The van der Waals surface area contributed by atoms with Crippen molar-refractivity contribution in [2.75, 3.05) is 5.32 Å². The zero-order chi connectivity index (χ0) is 13.4. The van der Waals surface area contributed by atoms with Crippen LogP contribution in [0.15, 0.2) is 34.9 Å².